The molecule has 2 aliphatic rings. The molecule has 0 spiro atoms. The number of carbonyl (C=O) groups excluding carboxylic acids is 1. The highest BCUT2D eigenvalue weighted by Crippen LogP contribution is 2.34. The monoisotopic (exact) mass is 250 g/mol. The van der Waals surface area contributed by atoms with Crippen LogP contribution in [-0.2, 0) is 0 Å². The quantitative estimate of drug-likeness (QED) is 0.756. The Morgan fingerprint density at radius 1 is 1.24 bits per heavy atom. The summed E-state index contributed by atoms with van der Waals surface area (Å²) in [6.07, 6.45) is 2.14. The molecule has 1 fully saturated rings. The second-order valence-electron chi connectivity index (χ2n) is 4.22. The summed E-state index contributed by atoms with van der Waals surface area (Å²) in [5.41, 5.74) is 0.744. The standard InChI is InChI=1S/C13H14O3S/c14-13(12-2-1-7-17-12)9-3-4-10-11(8-9)16-6-5-15-10/h3-4,8,12H,1-2,5-7H2. The Morgan fingerprint density at radius 2 is 2.06 bits per heavy atom. The topological polar surface area (TPSA) is 35.5 Å². The van der Waals surface area contributed by atoms with Crippen molar-refractivity contribution in [2.75, 3.05) is 19.0 Å². The Bertz CT molecular complexity index is 438. The van der Waals surface area contributed by atoms with Crippen molar-refractivity contribution in [2.45, 2.75) is 18.1 Å². The van der Waals surface area contributed by atoms with E-state index in [1.165, 1.54) is 0 Å². The Hall–Kier alpha value is -1.16. The van der Waals surface area contributed by atoms with Crippen molar-refractivity contribution >= 4 is 17.5 Å². The molecule has 0 saturated carbocycles. The molecule has 3 nitrogen and oxygen atoms in total. The third-order valence-electron chi connectivity index (χ3n) is 3.05. The number of carbonyl (C=O) groups is 1. The summed E-state index contributed by atoms with van der Waals surface area (Å²) in [4.78, 5) is 12.2. The first-order chi connectivity index (χ1) is 8.34. The molecule has 17 heavy (non-hydrogen) atoms. The van der Waals surface area contributed by atoms with Gasteiger partial charge in [0.15, 0.2) is 17.3 Å². The Labute approximate surface area is 104 Å². The van der Waals surface area contributed by atoms with E-state index in [9.17, 15) is 4.79 Å². The van der Waals surface area contributed by atoms with Crippen LogP contribution in [-0.4, -0.2) is 30.0 Å². The van der Waals surface area contributed by atoms with Crippen molar-refractivity contribution in [3.63, 3.8) is 0 Å². The number of Topliss-reactive ketones (excluding diaryl/α,β-unsaturated/α-hetero) is 1. The maximum Gasteiger partial charge on any atom is 0.175 e. The smallest absolute Gasteiger partial charge is 0.175 e. The zero-order chi connectivity index (χ0) is 11.7. The number of ketones is 1. The van der Waals surface area contributed by atoms with Gasteiger partial charge in [0.05, 0.1) is 5.25 Å². The van der Waals surface area contributed by atoms with Gasteiger partial charge in [-0.3, -0.25) is 4.79 Å². The Balaban J connectivity index is 1.85. The van der Waals surface area contributed by atoms with Gasteiger partial charge >= 0.3 is 0 Å². The molecule has 4 heteroatoms. The zero-order valence-corrected chi connectivity index (χ0v) is 10.3. The number of hydrogen-bond donors (Lipinski definition) is 0. The molecule has 0 amide bonds. The van der Waals surface area contributed by atoms with E-state index in [-0.39, 0.29) is 11.0 Å². The van der Waals surface area contributed by atoms with Crippen LogP contribution in [0, 0.1) is 0 Å². The molecule has 0 aliphatic carbocycles. The van der Waals surface area contributed by atoms with E-state index in [2.05, 4.69) is 0 Å². The zero-order valence-electron chi connectivity index (χ0n) is 9.48. The minimum absolute atomic E-state index is 0.137. The van der Waals surface area contributed by atoms with Gasteiger partial charge in [0.1, 0.15) is 13.2 Å². The lowest BCUT2D eigenvalue weighted by atomic mass is 10.0. The highest BCUT2D eigenvalue weighted by molar-refractivity contribution is 8.00. The molecule has 2 heterocycles. The van der Waals surface area contributed by atoms with E-state index in [0.29, 0.717) is 19.0 Å². The molecule has 3 rings (SSSR count). The van der Waals surface area contributed by atoms with E-state index in [4.69, 9.17) is 9.47 Å². The van der Waals surface area contributed by atoms with Crippen molar-refractivity contribution in [1.29, 1.82) is 0 Å². The van der Waals surface area contributed by atoms with Crippen molar-refractivity contribution in [3.05, 3.63) is 23.8 Å². The van der Waals surface area contributed by atoms with Gasteiger partial charge in [0.2, 0.25) is 0 Å². The van der Waals surface area contributed by atoms with Crippen LogP contribution in [0.25, 0.3) is 0 Å². The van der Waals surface area contributed by atoms with E-state index in [1.54, 1.807) is 11.8 Å². The van der Waals surface area contributed by atoms with Crippen molar-refractivity contribution in [2.24, 2.45) is 0 Å². The summed E-state index contributed by atoms with van der Waals surface area (Å²) in [6, 6.07) is 5.49. The number of ether oxygens (including phenoxy) is 2. The molecule has 1 unspecified atom stereocenters. The van der Waals surface area contributed by atoms with Crippen LogP contribution in [0.5, 0.6) is 11.5 Å². The van der Waals surface area contributed by atoms with Gasteiger partial charge in [-0.25, -0.2) is 0 Å². The van der Waals surface area contributed by atoms with Crippen LogP contribution < -0.4 is 9.47 Å². The number of fused-ring (bicyclic) bond motifs is 1. The fourth-order valence-corrected chi connectivity index (χ4v) is 3.41. The maximum absolute atomic E-state index is 12.2. The average molecular weight is 250 g/mol. The van der Waals surface area contributed by atoms with Gasteiger partial charge in [-0.05, 0) is 36.8 Å². The molecule has 1 aromatic carbocycles. The molecule has 0 aromatic heterocycles. The lowest BCUT2D eigenvalue weighted by molar-refractivity contribution is 0.0987. The van der Waals surface area contributed by atoms with E-state index < -0.39 is 0 Å². The summed E-state index contributed by atoms with van der Waals surface area (Å²) in [5, 5.41) is 0.137. The van der Waals surface area contributed by atoms with Crippen molar-refractivity contribution < 1.29 is 14.3 Å². The summed E-state index contributed by atoms with van der Waals surface area (Å²) in [6.45, 7) is 1.14. The fraction of sp³-hybridized carbons (Fsp3) is 0.462. The SMILES string of the molecule is O=C(c1ccc2c(c1)OCCO2)C1CCCS1. The highest BCUT2D eigenvalue weighted by atomic mass is 32.2. The van der Waals surface area contributed by atoms with Crippen molar-refractivity contribution in [3.8, 4) is 11.5 Å². The number of thioether (sulfide) groups is 1. The number of rotatable bonds is 2. The van der Waals surface area contributed by atoms with Crippen LogP contribution in [0.4, 0.5) is 0 Å². The average Bonchev–Trinajstić information content (AvgIpc) is 2.91. The first kappa shape index (κ1) is 11.0. The van der Waals surface area contributed by atoms with Gasteiger partial charge < -0.3 is 9.47 Å². The maximum atomic E-state index is 12.2. The van der Waals surface area contributed by atoms with Gasteiger partial charge in [0.25, 0.3) is 0 Å². The van der Waals surface area contributed by atoms with Gasteiger partial charge in [0, 0.05) is 5.56 Å². The minimum atomic E-state index is 0.137. The largest absolute Gasteiger partial charge is 0.486 e. The summed E-state index contributed by atoms with van der Waals surface area (Å²) in [5.74, 6) is 2.77. The Kier molecular flexibility index (Phi) is 2.97. The molecule has 1 atom stereocenters. The molecule has 0 N–H and O–H groups in total. The Morgan fingerprint density at radius 3 is 2.82 bits per heavy atom. The molecule has 2 aliphatic heterocycles. The fourth-order valence-electron chi connectivity index (χ4n) is 2.17. The molecular weight excluding hydrogens is 236 g/mol. The van der Waals surface area contributed by atoms with Crippen LogP contribution in [0.1, 0.15) is 23.2 Å². The highest BCUT2D eigenvalue weighted by Gasteiger charge is 2.25. The summed E-state index contributed by atoms with van der Waals surface area (Å²) >= 11 is 1.76. The minimum Gasteiger partial charge on any atom is -0.486 e. The molecule has 1 saturated heterocycles. The second kappa shape index (κ2) is 4.61. The normalized spacial score (nSPS) is 22.5. The second-order valence-corrected chi connectivity index (χ2v) is 5.53. The van der Waals surface area contributed by atoms with Crippen LogP contribution in [0.2, 0.25) is 0 Å². The van der Waals surface area contributed by atoms with Crippen molar-refractivity contribution in [1.82, 2.24) is 0 Å². The van der Waals surface area contributed by atoms with Gasteiger partial charge in [-0.2, -0.15) is 11.8 Å². The molecule has 90 valence electrons. The third kappa shape index (κ3) is 2.14. The van der Waals surface area contributed by atoms with Gasteiger partial charge in [-0.15, -0.1) is 0 Å². The number of hydrogen-bond acceptors (Lipinski definition) is 4. The first-order valence-electron chi connectivity index (χ1n) is 5.90. The molecule has 0 bridgehead atoms. The lowest BCUT2D eigenvalue weighted by Gasteiger charge is -2.19. The van der Waals surface area contributed by atoms with Crippen LogP contribution >= 0.6 is 11.8 Å². The molecule has 0 radical (unpaired) electrons. The van der Waals surface area contributed by atoms with Crippen LogP contribution in [0.15, 0.2) is 18.2 Å². The van der Waals surface area contributed by atoms with E-state index in [0.717, 1.165) is 29.9 Å². The third-order valence-corrected chi connectivity index (χ3v) is 4.43. The molecular formula is C13H14O3S. The lowest BCUT2D eigenvalue weighted by Crippen LogP contribution is -2.17. The molecule has 1 aromatic rings. The summed E-state index contributed by atoms with van der Waals surface area (Å²) in [7, 11) is 0. The predicted molar refractivity (Wildman–Crippen MR) is 67.2 cm³/mol. The predicted octanol–water partition coefficient (Wildman–Crippen LogP) is 2.54. The van der Waals surface area contributed by atoms with Crippen LogP contribution in [0.3, 0.4) is 0 Å². The number of benzene rings is 1. The van der Waals surface area contributed by atoms with E-state index >= 15 is 0 Å². The first-order valence-corrected chi connectivity index (χ1v) is 6.95. The van der Waals surface area contributed by atoms with E-state index in [1.807, 2.05) is 18.2 Å². The van der Waals surface area contributed by atoms with Gasteiger partial charge in [-0.1, -0.05) is 0 Å². The summed E-state index contributed by atoms with van der Waals surface area (Å²) < 4.78 is 10.9.